The lowest BCUT2D eigenvalue weighted by Crippen LogP contribution is -2.73. The number of ether oxygens (including phenoxy) is 1. The van der Waals surface area contributed by atoms with Gasteiger partial charge in [0.1, 0.15) is 12.6 Å². The molecular weight excluding hydrogens is 822 g/mol. The number of carbonyl (C=O) groups excluding carboxylic acids is 3. The lowest BCUT2D eigenvalue weighted by Gasteiger charge is -2.51. The van der Waals surface area contributed by atoms with Crippen LogP contribution in [0.4, 0.5) is 18.3 Å². The number of carboxylic acid groups (broad SMARTS) is 1. The molecule has 1 saturated heterocycles. The van der Waals surface area contributed by atoms with Crippen molar-refractivity contribution in [2.75, 3.05) is 12.3 Å². The first-order chi connectivity index (χ1) is 27.8. The Hall–Kier alpha value is -6.35. The van der Waals surface area contributed by atoms with Crippen LogP contribution >= 0.6 is 11.5 Å². The summed E-state index contributed by atoms with van der Waals surface area (Å²) < 4.78 is 78.5. The van der Waals surface area contributed by atoms with Crippen LogP contribution in [0.1, 0.15) is 49.7 Å². The van der Waals surface area contributed by atoms with E-state index >= 15 is 0 Å². The number of nitrogens with two attached hydrogens (primary N) is 1. The molecule has 3 atom stereocenters. The summed E-state index contributed by atoms with van der Waals surface area (Å²) in [5, 5.41) is 16.8. The fourth-order valence-electron chi connectivity index (χ4n) is 6.46. The lowest BCUT2D eigenvalue weighted by atomic mass is 9.80. The molecule has 1 aromatic heterocycles. The first-order valence-electron chi connectivity index (χ1n) is 17.6. The number of halogens is 3. The molecule has 310 valence electrons. The van der Waals surface area contributed by atoms with Gasteiger partial charge >= 0.3 is 27.6 Å². The number of rotatable bonds is 13. The normalized spacial score (nSPS) is 18.7. The Kier molecular flexibility index (Phi) is 11.6. The van der Waals surface area contributed by atoms with Gasteiger partial charge in [-0.15, -0.1) is 0 Å². The summed E-state index contributed by atoms with van der Waals surface area (Å²) in [6.07, 6.45) is -0.530. The Bertz CT molecular complexity index is 2330. The van der Waals surface area contributed by atoms with Crippen molar-refractivity contribution in [2.45, 2.75) is 50.4 Å². The van der Waals surface area contributed by atoms with E-state index in [-0.39, 0.29) is 11.0 Å². The number of esters is 1. The highest BCUT2D eigenvalue weighted by molar-refractivity contribution is 7.87. The highest BCUT2D eigenvalue weighted by Gasteiger charge is 2.59. The number of oxime groups is 1. The number of aliphatic carboxylic acids is 1. The fourth-order valence-corrected chi connectivity index (χ4v) is 7.44. The average molecular weight is 857 g/mol. The zero-order chi connectivity index (χ0) is 42.9. The topological polar surface area (TPSA) is 230 Å². The molecular formula is C38H35F3N6O10S2. The van der Waals surface area contributed by atoms with E-state index in [1.54, 1.807) is 91.0 Å². The predicted molar refractivity (Wildman–Crippen MR) is 203 cm³/mol. The number of nitrogens with one attached hydrogen (secondary N) is 1. The molecule has 1 fully saturated rings. The van der Waals surface area contributed by atoms with Gasteiger partial charge < -0.3 is 29.9 Å². The fraction of sp³-hybridized carbons (Fsp3) is 0.289. The minimum Gasteiger partial charge on any atom is -0.476 e. The van der Waals surface area contributed by atoms with E-state index in [2.05, 4.69) is 24.0 Å². The second-order valence-corrected chi connectivity index (χ2v) is 16.6. The molecule has 4 aromatic rings. The number of hydrogen-bond acceptors (Lipinski definition) is 14. The molecule has 59 heavy (non-hydrogen) atoms. The van der Waals surface area contributed by atoms with Crippen LogP contribution < -0.4 is 11.1 Å². The number of alkyl halides is 3. The quantitative estimate of drug-likeness (QED) is 0.0325. The van der Waals surface area contributed by atoms with Gasteiger partial charge in [-0.1, -0.05) is 96.2 Å². The number of carbonyl (C=O) groups is 4. The van der Waals surface area contributed by atoms with Gasteiger partial charge in [-0.25, -0.2) is 4.79 Å². The van der Waals surface area contributed by atoms with E-state index in [1.165, 1.54) is 20.8 Å². The van der Waals surface area contributed by atoms with E-state index in [4.69, 9.17) is 15.3 Å². The summed E-state index contributed by atoms with van der Waals surface area (Å²) >= 11 is 0.719. The summed E-state index contributed by atoms with van der Waals surface area (Å²) in [6, 6.07) is 23.9. The molecule has 2 aliphatic heterocycles. The number of anilines is 1. The zero-order valence-corrected chi connectivity index (χ0v) is 32.9. The summed E-state index contributed by atoms with van der Waals surface area (Å²) in [5.74, 6) is -8.42. The van der Waals surface area contributed by atoms with Crippen molar-refractivity contribution in [3.05, 3.63) is 125 Å². The maximum Gasteiger partial charge on any atom is 0.534 e. The Balaban J connectivity index is 1.40. The highest BCUT2D eigenvalue weighted by atomic mass is 32.2. The molecule has 1 unspecified atom stereocenters. The summed E-state index contributed by atoms with van der Waals surface area (Å²) in [5.41, 5.74) is -2.81. The minimum absolute atomic E-state index is 0.0654. The largest absolute Gasteiger partial charge is 0.534 e. The van der Waals surface area contributed by atoms with E-state index in [1.807, 2.05) is 0 Å². The molecule has 2 amide bonds. The van der Waals surface area contributed by atoms with Crippen molar-refractivity contribution in [3.8, 4) is 0 Å². The molecule has 3 heterocycles. The van der Waals surface area contributed by atoms with Crippen LogP contribution in [0.15, 0.2) is 108 Å². The number of carboxylic acids is 1. The number of hydrogen-bond donors (Lipinski definition) is 3. The summed E-state index contributed by atoms with van der Waals surface area (Å²) in [4.78, 5) is 64.2. The highest BCUT2D eigenvalue weighted by Crippen LogP contribution is 2.44. The number of aromatic nitrogens is 2. The number of nitrogens with zero attached hydrogens (tertiary/aromatic N) is 4. The van der Waals surface area contributed by atoms with Crippen molar-refractivity contribution in [1.29, 1.82) is 0 Å². The lowest BCUT2D eigenvalue weighted by molar-refractivity contribution is -0.160. The van der Waals surface area contributed by atoms with Gasteiger partial charge in [0.25, 0.3) is 11.8 Å². The first kappa shape index (κ1) is 42.3. The van der Waals surface area contributed by atoms with E-state index in [0.717, 1.165) is 11.5 Å². The standard InChI is InChI=1S/C38H35F3N6O10S2/c1-36(2,3)34(52)55-20-21-19-25-26(32(49)47(25)28(33(50)51)29(21)56-59(53,54)38(39,40)41)43-31(48)27(30-44-35(42)58-46-30)45-57-37(22-13-7-4-8-14-22,23-15-9-5-10-16-23)24-17-11-6-12-18-24/h4-18,21,25-26H,19-20H2,1-3H3,(H,43,48)(H,50,51)(H2,42,44,46)/t21?,25-,26+/m1/s1. The monoisotopic (exact) mass is 856 g/mol. The van der Waals surface area contributed by atoms with Crippen LogP contribution in [-0.4, -0.2) is 81.4 Å². The van der Waals surface area contributed by atoms with Gasteiger partial charge in [0, 0.05) is 28.2 Å². The Morgan fingerprint density at radius 2 is 1.47 bits per heavy atom. The van der Waals surface area contributed by atoms with E-state index in [0.29, 0.717) is 21.6 Å². The summed E-state index contributed by atoms with van der Waals surface area (Å²) in [7, 11) is -6.47. The van der Waals surface area contributed by atoms with E-state index < -0.39 is 98.6 Å². The van der Waals surface area contributed by atoms with E-state index in [9.17, 15) is 45.9 Å². The second kappa shape index (κ2) is 16.1. The van der Waals surface area contributed by atoms with Crippen molar-refractivity contribution in [1.82, 2.24) is 19.6 Å². The number of β-lactam (4-membered cyclic amide) rings is 1. The maximum atomic E-state index is 14.3. The third kappa shape index (κ3) is 8.33. The van der Waals surface area contributed by atoms with Gasteiger partial charge in [-0.05, 0) is 27.2 Å². The van der Waals surface area contributed by atoms with Gasteiger partial charge in [0.05, 0.1) is 17.4 Å². The van der Waals surface area contributed by atoms with Gasteiger partial charge in [0.15, 0.2) is 16.6 Å². The third-order valence-corrected chi connectivity index (χ3v) is 10.8. The molecule has 0 bridgehead atoms. The smallest absolute Gasteiger partial charge is 0.476 e. The van der Waals surface area contributed by atoms with Crippen molar-refractivity contribution < 1.29 is 59.6 Å². The first-order valence-corrected chi connectivity index (χ1v) is 19.8. The minimum atomic E-state index is -6.47. The van der Waals surface area contributed by atoms with Gasteiger partial charge in [0.2, 0.25) is 17.1 Å². The second-order valence-electron chi connectivity index (χ2n) is 14.3. The van der Waals surface area contributed by atoms with Crippen molar-refractivity contribution >= 4 is 56.2 Å². The molecule has 21 heteroatoms. The van der Waals surface area contributed by atoms with Crippen LogP contribution in [0.5, 0.6) is 0 Å². The maximum absolute atomic E-state index is 14.3. The van der Waals surface area contributed by atoms with Crippen LogP contribution in [0, 0.1) is 11.3 Å². The van der Waals surface area contributed by atoms with Crippen molar-refractivity contribution in [3.63, 3.8) is 0 Å². The average Bonchev–Trinajstić information content (AvgIpc) is 3.63. The third-order valence-electron chi connectivity index (χ3n) is 9.27. The molecule has 2 aliphatic rings. The molecule has 3 aromatic carbocycles. The molecule has 0 spiro atoms. The predicted octanol–water partition coefficient (Wildman–Crippen LogP) is 4.30. The number of benzene rings is 3. The SMILES string of the molecule is CC(C)(C)C(=O)OCC1C[C@@H]2[C@H](NC(=O)C(=NOC(c3ccccc3)(c3ccccc3)c3ccccc3)c3nsc(N)n3)C(=O)N2C(C(=O)O)=C1OS(=O)(=O)C(F)(F)F. The van der Waals surface area contributed by atoms with Gasteiger partial charge in [-0.3, -0.25) is 19.3 Å². The van der Waals surface area contributed by atoms with Crippen molar-refractivity contribution in [2.24, 2.45) is 16.5 Å². The Morgan fingerprint density at radius 1 is 0.949 bits per heavy atom. The van der Waals surface area contributed by atoms with Gasteiger partial charge in [-0.2, -0.15) is 30.9 Å². The Morgan fingerprint density at radius 3 is 1.92 bits per heavy atom. The Labute approximate surface area is 338 Å². The molecule has 0 aliphatic carbocycles. The number of amides is 2. The van der Waals surface area contributed by atoms with Crippen LogP contribution in [0.3, 0.4) is 0 Å². The zero-order valence-electron chi connectivity index (χ0n) is 31.2. The van der Waals surface area contributed by atoms with Crippen LogP contribution in [0.25, 0.3) is 0 Å². The van der Waals surface area contributed by atoms with Crippen LogP contribution in [-0.2, 0) is 48.7 Å². The molecule has 0 radical (unpaired) electrons. The molecule has 16 nitrogen and oxygen atoms in total. The van der Waals surface area contributed by atoms with Crippen LogP contribution in [0.2, 0.25) is 0 Å². The summed E-state index contributed by atoms with van der Waals surface area (Å²) in [6.45, 7) is 3.55. The molecule has 6 rings (SSSR count). The number of nitrogen functional groups attached to an aromatic ring is 1. The number of fused-ring (bicyclic) bond motifs is 1. The molecule has 0 saturated carbocycles. The molecule has 4 N–H and O–H groups in total.